The molecule has 6 nitrogen and oxygen atoms in total. The molecule has 0 bridgehead atoms. The molecule has 0 saturated carbocycles. The molecule has 0 aliphatic heterocycles. The third-order valence-electron chi connectivity index (χ3n) is 1.80. The lowest BCUT2D eigenvalue weighted by Crippen LogP contribution is -2.36. The van der Waals surface area contributed by atoms with Gasteiger partial charge in [0.2, 0.25) is 5.89 Å². The molecule has 1 heterocycles. The van der Waals surface area contributed by atoms with E-state index in [1.807, 2.05) is 20.8 Å². The average molecular weight is 198 g/mol. The molecular weight excluding hydrogens is 184 g/mol. The van der Waals surface area contributed by atoms with Crippen molar-refractivity contribution in [2.75, 3.05) is 6.54 Å². The Morgan fingerprint density at radius 2 is 2.29 bits per heavy atom. The molecule has 0 aliphatic rings. The lowest BCUT2D eigenvalue weighted by molar-refractivity contribution is 0.0987. The second-order valence-corrected chi connectivity index (χ2v) is 3.44. The maximum Gasteiger partial charge on any atom is 0.290 e. The van der Waals surface area contributed by atoms with Gasteiger partial charge in [0.1, 0.15) is 0 Å². The fourth-order valence-corrected chi connectivity index (χ4v) is 1.09. The van der Waals surface area contributed by atoms with Gasteiger partial charge in [-0.3, -0.25) is 4.79 Å². The Kier molecular flexibility index (Phi) is 2.85. The number of carbonyl (C=O) groups excluding carboxylic acids is 1. The Morgan fingerprint density at radius 1 is 1.64 bits per heavy atom. The van der Waals surface area contributed by atoms with Crippen LogP contribution in [0.2, 0.25) is 0 Å². The van der Waals surface area contributed by atoms with Gasteiger partial charge in [0, 0.05) is 0 Å². The van der Waals surface area contributed by atoms with Crippen LogP contribution < -0.4 is 11.1 Å². The van der Waals surface area contributed by atoms with Crippen LogP contribution in [0.4, 0.5) is 0 Å². The Hall–Kier alpha value is -1.43. The maximum absolute atomic E-state index is 10.7. The minimum Gasteiger partial charge on any atom is -0.363 e. The number of hydrogen-bond acceptors (Lipinski definition) is 5. The molecule has 3 N–H and O–H groups in total. The number of rotatable bonds is 4. The van der Waals surface area contributed by atoms with Crippen LogP contribution in [0.15, 0.2) is 4.52 Å². The standard InChI is InChI=1S/C8H14N4O2/c1-4-10-8(2,3)7-11-6(5(9)13)12-14-7/h10H,4H2,1-3H3,(H2,9,13). The van der Waals surface area contributed by atoms with Crippen molar-refractivity contribution >= 4 is 5.91 Å². The highest BCUT2D eigenvalue weighted by Gasteiger charge is 2.27. The maximum atomic E-state index is 10.7. The van der Waals surface area contributed by atoms with E-state index in [1.54, 1.807) is 0 Å². The van der Waals surface area contributed by atoms with Gasteiger partial charge < -0.3 is 15.6 Å². The summed E-state index contributed by atoms with van der Waals surface area (Å²) in [5, 5.41) is 6.61. The first-order valence-electron chi connectivity index (χ1n) is 4.36. The van der Waals surface area contributed by atoms with E-state index in [0.717, 1.165) is 6.54 Å². The van der Waals surface area contributed by atoms with Gasteiger partial charge in [0.15, 0.2) is 0 Å². The highest BCUT2D eigenvalue weighted by atomic mass is 16.5. The molecule has 0 unspecified atom stereocenters. The van der Waals surface area contributed by atoms with Crippen molar-refractivity contribution in [3.05, 3.63) is 11.7 Å². The van der Waals surface area contributed by atoms with Crippen molar-refractivity contribution in [2.24, 2.45) is 5.73 Å². The predicted octanol–water partition coefficient (Wildman–Crippen LogP) is 0.0131. The molecule has 0 spiro atoms. The lowest BCUT2D eigenvalue weighted by atomic mass is 10.1. The molecule has 1 aromatic rings. The van der Waals surface area contributed by atoms with Crippen molar-refractivity contribution < 1.29 is 9.32 Å². The van der Waals surface area contributed by atoms with Crippen molar-refractivity contribution in [1.29, 1.82) is 0 Å². The molecule has 0 aromatic carbocycles. The van der Waals surface area contributed by atoms with E-state index in [2.05, 4.69) is 15.5 Å². The van der Waals surface area contributed by atoms with E-state index in [9.17, 15) is 4.79 Å². The largest absolute Gasteiger partial charge is 0.363 e. The minimum atomic E-state index is -0.688. The third-order valence-corrected chi connectivity index (χ3v) is 1.80. The molecule has 1 amide bonds. The molecule has 78 valence electrons. The fourth-order valence-electron chi connectivity index (χ4n) is 1.09. The van der Waals surface area contributed by atoms with Crippen LogP contribution in [0.3, 0.4) is 0 Å². The predicted molar refractivity (Wildman–Crippen MR) is 49.5 cm³/mol. The number of nitrogens with one attached hydrogen (secondary N) is 1. The van der Waals surface area contributed by atoms with Gasteiger partial charge in [0.25, 0.3) is 11.7 Å². The third kappa shape index (κ3) is 2.08. The van der Waals surface area contributed by atoms with Crippen LogP contribution in [-0.2, 0) is 5.54 Å². The normalized spacial score (nSPS) is 11.6. The number of amides is 1. The summed E-state index contributed by atoms with van der Waals surface area (Å²) in [6.45, 7) is 6.50. The molecule has 0 atom stereocenters. The highest BCUT2D eigenvalue weighted by Crippen LogP contribution is 2.17. The number of nitrogens with zero attached hydrogens (tertiary/aromatic N) is 2. The van der Waals surface area contributed by atoms with Crippen LogP contribution in [0.25, 0.3) is 0 Å². The van der Waals surface area contributed by atoms with Crippen LogP contribution in [-0.4, -0.2) is 22.6 Å². The topological polar surface area (TPSA) is 94.0 Å². The first-order valence-corrected chi connectivity index (χ1v) is 4.36. The summed E-state index contributed by atoms with van der Waals surface area (Å²) in [7, 11) is 0. The monoisotopic (exact) mass is 198 g/mol. The highest BCUT2D eigenvalue weighted by molar-refractivity contribution is 5.88. The van der Waals surface area contributed by atoms with E-state index in [-0.39, 0.29) is 5.82 Å². The van der Waals surface area contributed by atoms with E-state index < -0.39 is 11.4 Å². The molecular formula is C8H14N4O2. The zero-order valence-electron chi connectivity index (χ0n) is 8.50. The van der Waals surface area contributed by atoms with Crippen LogP contribution in [0.5, 0.6) is 0 Å². The number of aromatic nitrogens is 2. The summed E-state index contributed by atoms with van der Waals surface area (Å²) in [5.41, 5.74) is 4.55. The van der Waals surface area contributed by atoms with Gasteiger partial charge in [-0.1, -0.05) is 12.1 Å². The molecule has 1 aromatic heterocycles. The van der Waals surface area contributed by atoms with Gasteiger partial charge in [-0.15, -0.1) is 0 Å². The van der Waals surface area contributed by atoms with Crippen molar-refractivity contribution in [3.63, 3.8) is 0 Å². The van der Waals surface area contributed by atoms with Crippen LogP contribution in [0.1, 0.15) is 37.3 Å². The van der Waals surface area contributed by atoms with Crippen LogP contribution >= 0.6 is 0 Å². The summed E-state index contributed by atoms with van der Waals surface area (Å²) < 4.78 is 4.92. The quantitative estimate of drug-likeness (QED) is 0.710. The summed E-state index contributed by atoms with van der Waals surface area (Å²) in [5.74, 6) is -0.425. The molecule has 0 aliphatic carbocycles. The zero-order valence-corrected chi connectivity index (χ0v) is 8.50. The van der Waals surface area contributed by atoms with Gasteiger partial charge >= 0.3 is 0 Å². The van der Waals surface area contributed by atoms with Crippen LogP contribution in [0, 0.1) is 0 Å². The molecule has 14 heavy (non-hydrogen) atoms. The Labute approximate surface area is 81.9 Å². The number of primary amides is 1. The van der Waals surface area contributed by atoms with E-state index in [4.69, 9.17) is 10.3 Å². The van der Waals surface area contributed by atoms with Gasteiger partial charge in [0.05, 0.1) is 5.54 Å². The Morgan fingerprint density at radius 3 is 2.71 bits per heavy atom. The van der Waals surface area contributed by atoms with Gasteiger partial charge in [-0.25, -0.2) is 0 Å². The second kappa shape index (κ2) is 3.75. The number of carbonyl (C=O) groups is 1. The van der Waals surface area contributed by atoms with Crippen molar-refractivity contribution in [2.45, 2.75) is 26.3 Å². The smallest absolute Gasteiger partial charge is 0.290 e. The van der Waals surface area contributed by atoms with Crippen molar-refractivity contribution in [3.8, 4) is 0 Å². The Balaban J connectivity index is 2.90. The molecule has 1 rings (SSSR count). The van der Waals surface area contributed by atoms with Gasteiger partial charge in [-0.05, 0) is 20.4 Å². The second-order valence-electron chi connectivity index (χ2n) is 3.44. The molecule has 0 saturated heterocycles. The van der Waals surface area contributed by atoms with E-state index >= 15 is 0 Å². The van der Waals surface area contributed by atoms with E-state index in [0.29, 0.717) is 5.89 Å². The van der Waals surface area contributed by atoms with Gasteiger partial charge in [-0.2, -0.15) is 4.98 Å². The summed E-state index contributed by atoms with van der Waals surface area (Å²) >= 11 is 0. The molecule has 0 radical (unpaired) electrons. The van der Waals surface area contributed by atoms with E-state index in [1.165, 1.54) is 0 Å². The lowest BCUT2D eigenvalue weighted by Gasteiger charge is -2.20. The number of nitrogens with two attached hydrogens (primary N) is 1. The number of hydrogen-bond donors (Lipinski definition) is 2. The summed E-state index contributed by atoms with van der Waals surface area (Å²) in [6.07, 6.45) is 0. The molecule has 0 fully saturated rings. The SMILES string of the molecule is CCNC(C)(C)c1nc(C(N)=O)no1. The first-order chi connectivity index (χ1) is 6.47. The first kappa shape index (κ1) is 10.6. The van der Waals surface area contributed by atoms with Crippen molar-refractivity contribution in [1.82, 2.24) is 15.5 Å². The fraction of sp³-hybridized carbons (Fsp3) is 0.625. The minimum absolute atomic E-state index is 0.0917. The Bertz CT molecular complexity index is 332. The average Bonchev–Trinajstić information content (AvgIpc) is 2.51. The molecule has 6 heteroatoms. The zero-order chi connectivity index (χ0) is 10.8. The summed E-state index contributed by atoms with van der Waals surface area (Å²) in [6, 6.07) is 0. The summed E-state index contributed by atoms with van der Waals surface area (Å²) in [4.78, 5) is 14.6.